The van der Waals surface area contributed by atoms with Gasteiger partial charge in [0.15, 0.2) is 6.23 Å². The van der Waals surface area contributed by atoms with E-state index in [0.29, 0.717) is 18.7 Å². The maximum Gasteiger partial charge on any atom is 0.253 e. The van der Waals surface area contributed by atoms with Crippen molar-refractivity contribution in [2.45, 2.75) is 32.6 Å². The average molecular weight is 577 g/mol. The number of carbonyl (C=O) groups is 2. The first-order valence-corrected chi connectivity index (χ1v) is 13.0. The summed E-state index contributed by atoms with van der Waals surface area (Å²) >= 11 is 3.46. The Balaban J connectivity index is 1.47. The second-order valence-corrected chi connectivity index (χ2v) is 10.1. The Morgan fingerprint density at radius 3 is 2.39 bits per heavy atom. The first-order chi connectivity index (χ1) is 18.3. The second kappa shape index (κ2) is 10.9. The number of amides is 2. The molecule has 3 aromatic carbocycles. The second-order valence-electron chi connectivity index (χ2n) is 9.15. The van der Waals surface area contributed by atoms with Crippen molar-refractivity contribution >= 4 is 33.4 Å². The lowest BCUT2D eigenvalue weighted by atomic mass is 10.1. The molecule has 1 fully saturated rings. The van der Waals surface area contributed by atoms with Gasteiger partial charge in [-0.3, -0.25) is 9.59 Å². The Hall–Kier alpha value is -3.82. The minimum atomic E-state index is -0.652. The number of carbonyl (C=O) groups excluding carboxylic acids is 2. The van der Waals surface area contributed by atoms with Crippen LogP contribution in [0.3, 0.4) is 0 Å². The van der Waals surface area contributed by atoms with Crippen LogP contribution in [0, 0.1) is 5.82 Å². The molecular weight excluding hydrogens is 551 g/mol. The number of nitrogens with one attached hydrogen (secondary N) is 1. The molecule has 1 saturated heterocycles. The van der Waals surface area contributed by atoms with Gasteiger partial charge < -0.3 is 15.0 Å². The Morgan fingerprint density at radius 1 is 1.05 bits per heavy atom. The highest BCUT2D eigenvalue weighted by molar-refractivity contribution is 9.10. The highest BCUT2D eigenvalue weighted by Crippen LogP contribution is 2.37. The molecule has 5 rings (SSSR count). The molecule has 1 aliphatic heterocycles. The molecule has 7 nitrogen and oxygen atoms in total. The standard InChI is InChI=1S/C29H26BrFN4O3/c1-18-28(37)34(16-15-20-3-11-24(12-4-20)32-19(2)36)29(38-18)26-17-35(25-13-7-22(30)8-14-25)33-27(26)21-5-9-23(31)10-6-21/h3-14,17-18,29H,15-16H2,1-2H3,(H,32,36)/t18-,29-/m1/s1. The summed E-state index contributed by atoms with van der Waals surface area (Å²) in [5.41, 5.74) is 4.64. The quantitative estimate of drug-likeness (QED) is 0.298. The number of halogens is 2. The van der Waals surface area contributed by atoms with Crippen LogP contribution < -0.4 is 5.32 Å². The third-order valence-electron chi connectivity index (χ3n) is 6.38. The third-order valence-corrected chi connectivity index (χ3v) is 6.91. The zero-order chi connectivity index (χ0) is 26.8. The molecule has 0 spiro atoms. The number of rotatable bonds is 7. The van der Waals surface area contributed by atoms with E-state index < -0.39 is 12.3 Å². The number of nitrogens with zero attached hydrogens (tertiary/aromatic N) is 3. The zero-order valence-corrected chi connectivity index (χ0v) is 22.5. The zero-order valence-electron chi connectivity index (χ0n) is 20.9. The maximum atomic E-state index is 13.7. The number of hydrogen-bond acceptors (Lipinski definition) is 4. The molecule has 0 bridgehead atoms. The van der Waals surface area contributed by atoms with Crippen molar-refractivity contribution in [2.75, 3.05) is 11.9 Å². The summed E-state index contributed by atoms with van der Waals surface area (Å²) in [6.07, 6.45) is 1.21. The van der Waals surface area contributed by atoms with Gasteiger partial charge in [-0.25, -0.2) is 9.07 Å². The topological polar surface area (TPSA) is 76.5 Å². The highest BCUT2D eigenvalue weighted by Gasteiger charge is 2.40. The highest BCUT2D eigenvalue weighted by atomic mass is 79.9. The Labute approximate surface area is 228 Å². The van der Waals surface area contributed by atoms with Crippen molar-refractivity contribution in [3.63, 3.8) is 0 Å². The van der Waals surface area contributed by atoms with Gasteiger partial charge in [-0.15, -0.1) is 0 Å². The Bertz CT molecular complexity index is 1450. The van der Waals surface area contributed by atoms with Crippen LogP contribution in [-0.4, -0.2) is 39.1 Å². The molecule has 2 amide bonds. The Morgan fingerprint density at radius 2 is 1.74 bits per heavy atom. The largest absolute Gasteiger partial charge is 0.341 e. The van der Waals surface area contributed by atoms with E-state index in [9.17, 15) is 14.0 Å². The summed E-state index contributed by atoms with van der Waals surface area (Å²) in [7, 11) is 0. The molecule has 2 atom stereocenters. The van der Waals surface area contributed by atoms with Crippen LogP contribution >= 0.6 is 15.9 Å². The van der Waals surface area contributed by atoms with Crippen LogP contribution in [0.4, 0.5) is 10.1 Å². The van der Waals surface area contributed by atoms with Gasteiger partial charge in [0.05, 0.1) is 5.69 Å². The molecular formula is C29H26BrFN4O3. The van der Waals surface area contributed by atoms with Crippen LogP contribution in [-0.2, 0) is 20.7 Å². The van der Waals surface area contributed by atoms with Crippen LogP contribution in [0.15, 0.2) is 83.5 Å². The number of hydrogen-bond donors (Lipinski definition) is 1. The minimum Gasteiger partial charge on any atom is -0.341 e. The summed E-state index contributed by atoms with van der Waals surface area (Å²) in [6, 6.07) is 21.4. The molecule has 38 heavy (non-hydrogen) atoms. The lowest BCUT2D eigenvalue weighted by molar-refractivity contribution is -0.130. The van der Waals surface area contributed by atoms with E-state index in [0.717, 1.165) is 32.5 Å². The molecule has 1 aliphatic rings. The van der Waals surface area contributed by atoms with Gasteiger partial charge in [0, 0.05) is 41.0 Å². The smallest absolute Gasteiger partial charge is 0.253 e. The van der Waals surface area contributed by atoms with E-state index in [4.69, 9.17) is 9.84 Å². The van der Waals surface area contributed by atoms with E-state index >= 15 is 0 Å². The van der Waals surface area contributed by atoms with Crippen molar-refractivity contribution in [3.8, 4) is 16.9 Å². The van der Waals surface area contributed by atoms with Gasteiger partial charge in [0.2, 0.25) is 5.91 Å². The Kier molecular flexibility index (Phi) is 7.40. The molecule has 1 aromatic heterocycles. The summed E-state index contributed by atoms with van der Waals surface area (Å²) in [5, 5.41) is 7.57. The predicted molar refractivity (Wildman–Crippen MR) is 146 cm³/mol. The minimum absolute atomic E-state index is 0.105. The van der Waals surface area contributed by atoms with Crippen LogP contribution in [0.25, 0.3) is 16.9 Å². The summed E-state index contributed by atoms with van der Waals surface area (Å²) in [5.74, 6) is -0.573. The summed E-state index contributed by atoms with van der Waals surface area (Å²) < 4.78 is 22.6. The third kappa shape index (κ3) is 5.54. The first kappa shape index (κ1) is 25.8. The van der Waals surface area contributed by atoms with Crippen molar-refractivity contribution < 1.29 is 18.7 Å². The lowest BCUT2D eigenvalue weighted by Crippen LogP contribution is -2.32. The van der Waals surface area contributed by atoms with Gasteiger partial charge in [0.25, 0.3) is 5.91 Å². The first-order valence-electron chi connectivity index (χ1n) is 12.2. The van der Waals surface area contributed by atoms with E-state index in [-0.39, 0.29) is 17.6 Å². The van der Waals surface area contributed by atoms with Crippen LogP contribution in [0.2, 0.25) is 0 Å². The van der Waals surface area contributed by atoms with Gasteiger partial charge in [-0.2, -0.15) is 5.10 Å². The number of aromatic nitrogens is 2. The lowest BCUT2D eigenvalue weighted by Gasteiger charge is -2.23. The van der Waals surface area contributed by atoms with Crippen molar-refractivity contribution in [1.29, 1.82) is 0 Å². The number of benzene rings is 3. The van der Waals surface area contributed by atoms with Gasteiger partial charge >= 0.3 is 0 Å². The molecule has 194 valence electrons. The summed E-state index contributed by atoms with van der Waals surface area (Å²) in [6.45, 7) is 3.64. The number of anilines is 1. The predicted octanol–water partition coefficient (Wildman–Crippen LogP) is 5.89. The SMILES string of the molecule is CC(=O)Nc1ccc(CCN2C(=O)[C@@H](C)O[C@@H]2c2cn(-c3ccc(Br)cc3)nc2-c2ccc(F)cc2)cc1. The van der Waals surface area contributed by atoms with Crippen molar-refractivity contribution in [2.24, 2.45) is 0 Å². The van der Waals surface area contributed by atoms with E-state index in [1.165, 1.54) is 19.1 Å². The monoisotopic (exact) mass is 576 g/mol. The van der Waals surface area contributed by atoms with Gasteiger partial charge in [-0.05, 0) is 79.6 Å². The fourth-order valence-corrected chi connectivity index (χ4v) is 4.74. The average Bonchev–Trinajstić information content (AvgIpc) is 3.45. The normalized spacial score (nSPS) is 17.2. The van der Waals surface area contributed by atoms with Crippen LogP contribution in [0.5, 0.6) is 0 Å². The van der Waals surface area contributed by atoms with Crippen molar-refractivity contribution in [3.05, 3.63) is 100 Å². The fraction of sp³-hybridized carbons (Fsp3) is 0.207. The van der Waals surface area contributed by atoms with Gasteiger partial charge in [0.1, 0.15) is 17.6 Å². The van der Waals surface area contributed by atoms with Crippen LogP contribution in [0.1, 0.15) is 31.2 Å². The molecule has 4 aromatic rings. The molecule has 0 radical (unpaired) electrons. The van der Waals surface area contributed by atoms with E-state index in [1.54, 1.807) is 28.6 Å². The fourth-order valence-electron chi connectivity index (χ4n) is 4.48. The molecule has 2 heterocycles. The number of ether oxygens (including phenoxy) is 1. The van der Waals surface area contributed by atoms with Crippen molar-refractivity contribution in [1.82, 2.24) is 14.7 Å². The molecule has 0 unspecified atom stereocenters. The van der Waals surface area contributed by atoms with Gasteiger partial charge in [-0.1, -0.05) is 28.1 Å². The maximum absolute atomic E-state index is 13.7. The summed E-state index contributed by atoms with van der Waals surface area (Å²) in [4.78, 5) is 26.2. The van der Waals surface area contributed by atoms with E-state index in [2.05, 4.69) is 21.2 Å². The molecule has 1 N–H and O–H groups in total. The molecule has 0 saturated carbocycles. The van der Waals surface area contributed by atoms with E-state index in [1.807, 2.05) is 54.7 Å². The molecule has 0 aliphatic carbocycles. The molecule has 9 heteroatoms.